The maximum Gasteiger partial charge on any atom is 0.121 e. The highest BCUT2D eigenvalue weighted by Crippen LogP contribution is 2.51. The van der Waals surface area contributed by atoms with Crippen molar-refractivity contribution in [1.82, 2.24) is 10.2 Å². The molecule has 3 heterocycles. The van der Waals surface area contributed by atoms with Crippen LogP contribution in [0.15, 0.2) is 46.9 Å². The summed E-state index contributed by atoms with van der Waals surface area (Å²) in [6, 6.07) is 14.6. The quantitative estimate of drug-likeness (QED) is 0.913. The van der Waals surface area contributed by atoms with Crippen molar-refractivity contribution in [2.24, 2.45) is 11.8 Å². The zero-order valence-electron chi connectivity index (χ0n) is 13.7. The Kier molecular flexibility index (Phi) is 3.56. The van der Waals surface area contributed by atoms with Crippen molar-refractivity contribution in [3.05, 3.63) is 59.5 Å². The maximum absolute atomic E-state index is 10.4. The summed E-state index contributed by atoms with van der Waals surface area (Å²) in [6.07, 6.45) is 0. The van der Waals surface area contributed by atoms with Gasteiger partial charge in [-0.05, 0) is 31.7 Å². The van der Waals surface area contributed by atoms with Crippen LogP contribution in [0, 0.1) is 18.8 Å². The molecule has 0 aliphatic carbocycles. The van der Waals surface area contributed by atoms with E-state index >= 15 is 0 Å². The molecule has 0 bridgehead atoms. The minimum atomic E-state index is -0.401. The number of aliphatic hydroxyl groups is 1. The standard InChI is InChI=1S/C19H24N2O2/c1-13-8-9-17(23-13)18-15-10-21(2)11-16(15)19(12-22,20-18)14-6-4-3-5-7-14/h3-9,15-16,18,20,22H,10-12H2,1-2H3/t15-,16+,18+,19-/m1/s1. The lowest BCUT2D eigenvalue weighted by molar-refractivity contribution is 0.128. The fourth-order valence-corrected chi connectivity index (χ4v) is 4.57. The average molecular weight is 312 g/mol. The molecule has 4 heteroatoms. The average Bonchev–Trinajstić information content (AvgIpc) is 3.22. The third-order valence-electron chi connectivity index (χ3n) is 5.63. The molecule has 2 fully saturated rings. The Hall–Kier alpha value is -1.62. The van der Waals surface area contributed by atoms with Gasteiger partial charge >= 0.3 is 0 Å². The van der Waals surface area contributed by atoms with Crippen molar-refractivity contribution in [3.8, 4) is 0 Å². The number of likely N-dealkylation sites (tertiary alicyclic amines) is 1. The van der Waals surface area contributed by atoms with E-state index in [0.717, 1.165) is 24.6 Å². The molecular weight excluding hydrogens is 288 g/mol. The normalized spacial score (nSPS) is 34.0. The first kappa shape index (κ1) is 14.9. The van der Waals surface area contributed by atoms with Gasteiger partial charge in [-0.25, -0.2) is 0 Å². The zero-order chi connectivity index (χ0) is 16.0. The smallest absolute Gasteiger partial charge is 0.121 e. The van der Waals surface area contributed by atoms with Crippen molar-refractivity contribution >= 4 is 0 Å². The highest BCUT2D eigenvalue weighted by Gasteiger charge is 2.57. The lowest BCUT2D eigenvalue weighted by atomic mass is 9.77. The van der Waals surface area contributed by atoms with Crippen molar-refractivity contribution in [3.63, 3.8) is 0 Å². The molecule has 122 valence electrons. The molecule has 2 saturated heterocycles. The van der Waals surface area contributed by atoms with Crippen LogP contribution in [0.1, 0.15) is 23.1 Å². The maximum atomic E-state index is 10.4. The van der Waals surface area contributed by atoms with E-state index in [1.807, 2.05) is 31.2 Å². The molecule has 0 radical (unpaired) electrons. The molecule has 4 nitrogen and oxygen atoms in total. The zero-order valence-corrected chi connectivity index (χ0v) is 13.7. The van der Waals surface area contributed by atoms with Gasteiger partial charge in [0.15, 0.2) is 0 Å². The Morgan fingerprint density at radius 2 is 2.00 bits per heavy atom. The van der Waals surface area contributed by atoms with Crippen LogP contribution in [0.3, 0.4) is 0 Å². The molecule has 2 aromatic rings. The van der Waals surface area contributed by atoms with Crippen molar-refractivity contribution in [2.45, 2.75) is 18.5 Å². The van der Waals surface area contributed by atoms with Crippen LogP contribution in [-0.2, 0) is 5.54 Å². The van der Waals surface area contributed by atoms with Gasteiger partial charge in [0.1, 0.15) is 11.5 Å². The summed E-state index contributed by atoms with van der Waals surface area (Å²) >= 11 is 0. The van der Waals surface area contributed by atoms with Crippen LogP contribution < -0.4 is 5.32 Å². The lowest BCUT2D eigenvalue weighted by Crippen LogP contribution is -2.47. The molecule has 2 aliphatic heterocycles. The number of fused-ring (bicyclic) bond motifs is 1. The number of hydrogen-bond donors (Lipinski definition) is 2. The number of nitrogens with one attached hydrogen (secondary N) is 1. The fourth-order valence-electron chi connectivity index (χ4n) is 4.57. The second kappa shape index (κ2) is 5.48. The summed E-state index contributed by atoms with van der Waals surface area (Å²) in [7, 11) is 2.16. The number of aryl methyl sites for hydroxylation is 1. The number of furan rings is 1. The third kappa shape index (κ3) is 2.24. The van der Waals surface area contributed by atoms with E-state index in [-0.39, 0.29) is 12.6 Å². The van der Waals surface area contributed by atoms with Crippen LogP contribution in [0.5, 0.6) is 0 Å². The first-order valence-corrected chi connectivity index (χ1v) is 8.33. The van der Waals surface area contributed by atoms with E-state index in [9.17, 15) is 5.11 Å². The van der Waals surface area contributed by atoms with E-state index < -0.39 is 5.54 Å². The predicted octanol–water partition coefficient (Wildman–Crippen LogP) is 2.30. The van der Waals surface area contributed by atoms with Gasteiger partial charge in [0.05, 0.1) is 18.2 Å². The summed E-state index contributed by atoms with van der Waals surface area (Å²) < 4.78 is 5.92. The van der Waals surface area contributed by atoms with Crippen LogP contribution in [0.4, 0.5) is 0 Å². The highest BCUT2D eigenvalue weighted by atomic mass is 16.3. The molecule has 0 unspecified atom stereocenters. The molecule has 0 saturated carbocycles. The minimum absolute atomic E-state index is 0.0994. The molecule has 4 atom stereocenters. The second-order valence-corrected chi connectivity index (χ2v) is 7.06. The Morgan fingerprint density at radius 3 is 2.65 bits per heavy atom. The summed E-state index contributed by atoms with van der Waals surface area (Å²) in [5.74, 6) is 2.73. The molecule has 2 N–H and O–H groups in total. The number of benzene rings is 1. The fraction of sp³-hybridized carbons (Fsp3) is 0.474. The Morgan fingerprint density at radius 1 is 1.22 bits per heavy atom. The van der Waals surface area contributed by atoms with Crippen molar-refractivity contribution in [2.75, 3.05) is 26.7 Å². The first-order valence-electron chi connectivity index (χ1n) is 8.33. The lowest BCUT2D eigenvalue weighted by Gasteiger charge is -2.34. The van der Waals surface area contributed by atoms with E-state index in [1.165, 1.54) is 5.56 Å². The molecular formula is C19H24N2O2. The van der Waals surface area contributed by atoms with Crippen LogP contribution >= 0.6 is 0 Å². The van der Waals surface area contributed by atoms with E-state index in [1.54, 1.807) is 0 Å². The van der Waals surface area contributed by atoms with E-state index in [2.05, 4.69) is 35.5 Å². The number of nitrogens with zero attached hydrogens (tertiary/aromatic N) is 1. The first-order chi connectivity index (χ1) is 11.1. The molecule has 4 rings (SSSR count). The molecule has 1 aromatic heterocycles. The monoisotopic (exact) mass is 312 g/mol. The van der Waals surface area contributed by atoms with Crippen LogP contribution in [-0.4, -0.2) is 36.8 Å². The van der Waals surface area contributed by atoms with E-state index in [4.69, 9.17) is 4.42 Å². The highest BCUT2D eigenvalue weighted by molar-refractivity contribution is 5.32. The summed E-state index contributed by atoms with van der Waals surface area (Å²) in [5.41, 5.74) is 0.765. The largest absolute Gasteiger partial charge is 0.465 e. The Balaban J connectivity index is 1.78. The van der Waals surface area contributed by atoms with Crippen molar-refractivity contribution < 1.29 is 9.52 Å². The third-order valence-corrected chi connectivity index (χ3v) is 5.63. The van der Waals surface area contributed by atoms with E-state index in [0.29, 0.717) is 11.8 Å². The molecule has 0 amide bonds. The van der Waals surface area contributed by atoms with Gasteiger partial charge in [0.25, 0.3) is 0 Å². The number of aliphatic hydroxyl groups excluding tert-OH is 1. The molecule has 23 heavy (non-hydrogen) atoms. The molecule has 2 aliphatic rings. The van der Waals surface area contributed by atoms with Crippen LogP contribution in [0.2, 0.25) is 0 Å². The van der Waals surface area contributed by atoms with Gasteiger partial charge in [0, 0.05) is 24.9 Å². The van der Waals surface area contributed by atoms with Gasteiger partial charge < -0.3 is 14.4 Å². The topological polar surface area (TPSA) is 48.6 Å². The summed E-state index contributed by atoms with van der Waals surface area (Å²) in [6.45, 7) is 4.09. The van der Waals surface area contributed by atoms with Gasteiger partial charge in [-0.15, -0.1) is 0 Å². The van der Waals surface area contributed by atoms with Crippen LogP contribution in [0.25, 0.3) is 0 Å². The molecule has 0 spiro atoms. The Labute approximate surface area is 137 Å². The number of rotatable bonds is 3. The van der Waals surface area contributed by atoms with Crippen molar-refractivity contribution in [1.29, 1.82) is 0 Å². The van der Waals surface area contributed by atoms with Gasteiger partial charge in [-0.3, -0.25) is 5.32 Å². The second-order valence-electron chi connectivity index (χ2n) is 7.06. The predicted molar refractivity (Wildman–Crippen MR) is 89.0 cm³/mol. The summed E-state index contributed by atoms with van der Waals surface area (Å²) in [5, 5.41) is 14.1. The SMILES string of the molecule is Cc1ccc([C@H]2N[C@](CO)(c3ccccc3)[C@H]3CN(C)C[C@@H]23)o1. The van der Waals surface area contributed by atoms with Gasteiger partial charge in [-0.1, -0.05) is 30.3 Å². The summed E-state index contributed by atoms with van der Waals surface area (Å²) in [4.78, 5) is 2.37. The minimum Gasteiger partial charge on any atom is -0.465 e. The number of hydrogen-bond acceptors (Lipinski definition) is 4. The van der Waals surface area contributed by atoms with Gasteiger partial charge in [-0.2, -0.15) is 0 Å². The van der Waals surface area contributed by atoms with Gasteiger partial charge in [0.2, 0.25) is 0 Å². The molecule has 1 aromatic carbocycles. The Bertz CT molecular complexity index is 684.